The number of aromatic nitrogens is 1. The number of hydrogen-bond donors (Lipinski definition) is 2. The van der Waals surface area contributed by atoms with Gasteiger partial charge in [-0.3, -0.25) is 4.79 Å². The summed E-state index contributed by atoms with van der Waals surface area (Å²) in [6.07, 6.45) is 4.27. The molecule has 1 amide bonds. The first-order valence-electron chi connectivity index (χ1n) is 10.7. The second kappa shape index (κ2) is 8.62. The van der Waals surface area contributed by atoms with Crippen molar-refractivity contribution in [2.24, 2.45) is 0 Å². The van der Waals surface area contributed by atoms with Gasteiger partial charge in [0.2, 0.25) is 0 Å². The van der Waals surface area contributed by atoms with Crippen LogP contribution in [0.2, 0.25) is 0 Å². The Balaban J connectivity index is 1.28. The molecule has 3 heterocycles. The van der Waals surface area contributed by atoms with Gasteiger partial charge in [-0.2, -0.15) is 0 Å². The fourth-order valence-electron chi connectivity index (χ4n) is 4.28. The molecule has 0 spiro atoms. The Morgan fingerprint density at radius 1 is 1.10 bits per heavy atom. The molecular formula is C23H26N3O3S+. The zero-order chi connectivity index (χ0) is 20.3. The maximum Gasteiger partial charge on any atom is 0.279 e. The Hall–Kier alpha value is -2.64. The van der Waals surface area contributed by atoms with Crippen molar-refractivity contribution in [2.75, 3.05) is 31.6 Å². The average Bonchev–Trinajstić information content (AvgIpc) is 3.05. The number of para-hydroxylation sites is 1. The molecule has 7 heteroatoms. The quantitative estimate of drug-likeness (QED) is 0.675. The largest absolute Gasteiger partial charge is 0.490 e. The molecule has 0 saturated carbocycles. The van der Waals surface area contributed by atoms with E-state index in [9.17, 15) is 4.79 Å². The first-order chi connectivity index (χ1) is 14.8. The van der Waals surface area contributed by atoms with Crippen LogP contribution in [0.1, 0.15) is 36.7 Å². The standard InChI is InChI=1S/C23H25N3O3S/c27-22(24-16-9-10-19-20(14-16)29-13-5-12-28-19)15-26-11-4-3-7-18(26)23-25-17-6-1-2-8-21(17)30-23/h1-2,6,8-10,14,18H,3-5,7,11-13,15H2,(H,24,27)/p+1/t18-/m0/s1. The number of nitrogens with one attached hydrogen (secondary N) is 2. The molecule has 1 saturated heterocycles. The highest BCUT2D eigenvalue weighted by atomic mass is 32.1. The van der Waals surface area contributed by atoms with E-state index in [0.717, 1.165) is 47.8 Å². The summed E-state index contributed by atoms with van der Waals surface area (Å²) in [6.45, 7) is 2.72. The Morgan fingerprint density at radius 2 is 1.97 bits per heavy atom. The number of benzene rings is 2. The van der Waals surface area contributed by atoms with E-state index in [1.807, 2.05) is 24.3 Å². The summed E-state index contributed by atoms with van der Waals surface area (Å²) in [6, 6.07) is 14.2. The second-order valence-electron chi connectivity index (χ2n) is 7.91. The molecule has 6 nitrogen and oxygen atoms in total. The highest BCUT2D eigenvalue weighted by molar-refractivity contribution is 7.18. The van der Waals surface area contributed by atoms with Gasteiger partial charge in [0.25, 0.3) is 5.91 Å². The summed E-state index contributed by atoms with van der Waals surface area (Å²) in [5, 5.41) is 4.19. The molecular weight excluding hydrogens is 398 g/mol. The van der Waals surface area contributed by atoms with Crippen LogP contribution in [0.3, 0.4) is 0 Å². The molecule has 0 aliphatic carbocycles. The highest BCUT2D eigenvalue weighted by Gasteiger charge is 2.32. The number of carbonyl (C=O) groups excluding carboxylic acids is 1. The van der Waals surface area contributed by atoms with Gasteiger partial charge in [0.15, 0.2) is 23.1 Å². The van der Waals surface area contributed by atoms with Crippen LogP contribution in [0, 0.1) is 0 Å². The minimum atomic E-state index is 0.0208. The van der Waals surface area contributed by atoms with Crippen molar-refractivity contribution in [3.63, 3.8) is 0 Å². The van der Waals surface area contributed by atoms with Crippen LogP contribution in [0.5, 0.6) is 11.5 Å². The van der Waals surface area contributed by atoms with Crippen LogP contribution in [-0.4, -0.2) is 37.2 Å². The fraction of sp³-hybridized carbons (Fsp3) is 0.391. The van der Waals surface area contributed by atoms with Crippen LogP contribution in [0.4, 0.5) is 5.69 Å². The SMILES string of the molecule is O=C(C[NH+]1CCCC[C@H]1c1nc2ccccc2s1)Nc1ccc2c(c1)OCCCO2. The molecule has 1 unspecified atom stereocenters. The van der Waals surface area contributed by atoms with Crippen LogP contribution in [0.15, 0.2) is 42.5 Å². The summed E-state index contributed by atoms with van der Waals surface area (Å²) < 4.78 is 12.6. The number of likely N-dealkylation sites (tertiary alicyclic amines) is 1. The summed E-state index contributed by atoms with van der Waals surface area (Å²) in [5.74, 6) is 1.46. The van der Waals surface area contributed by atoms with E-state index >= 15 is 0 Å². The number of hydrogen-bond acceptors (Lipinski definition) is 5. The Kier molecular flexibility index (Phi) is 5.55. The monoisotopic (exact) mass is 424 g/mol. The normalized spacial score (nSPS) is 21.2. The van der Waals surface area contributed by atoms with Gasteiger partial charge < -0.3 is 19.7 Å². The number of carbonyl (C=O) groups is 1. The summed E-state index contributed by atoms with van der Waals surface area (Å²) in [5.41, 5.74) is 1.80. The van der Waals surface area contributed by atoms with Gasteiger partial charge in [-0.15, -0.1) is 11.3 Å². The zero-order valence-electron chi connectivity index (χ0n) is 16.9. The molecule has 2 aliphatic rings. The maximum atomic E-state index is 12.8. The molecule has 2 aromatic carbocycles. The van der Waals surface area contributed by atoms with E-state index in [0.29, 0.717) is 25.5 Å². The lowest BCUT2D eigenvalue weighted by atomic mass is 10.0. The predicted molar refractivity (Wildman–Crippen MR) is 118 cm³/mol. The Morgan fingerprint density at radius 3 is 2.87 bits per heavy atom. The van der Waals surface area contributed by atoms with Gasteiger partial charge in [-0.25, -0.2) is 4.98 Å². The number of anilines is 1. The minimum absolute atomic E-state index is 0.0208. The lowest BCUT2D eigenvalue weighted by Gasteiger charge is -2.30. The van der Waals surface area contributed by atoms with Crippen molar-refractivity contribution < 1.29 is 19.2 Å². The number of thiazole rings is 1. The van der Waals surface area contributed by atoms with Gasteiger partial charge in [0.1, 0.15) is 6.04 Å². The van der Waals surface area contributed by atoms with Crippen molar-refractivity contribution >= 4 is 33.1 Å². The average molecular weight is 425 g/mol. The number of fused-ring (bicyclic) bond motifs is 2. The summed E-state index contributed by atoms with van der Waals surface area (Å²) in [7, 11) is 0. The molecule has 2 N–H and O–H groups in total. The smallest absolute Gasteiger partial charge is 0.279 e. The van der Waals surface area contributed by atoms with Crippen molar-refractivity contribution in [1.82, 2.24) is 4.98 Å². The molecule has 2 aliphatic heterocycles. The van der Waals surface area contributed by atoms with Crippen LogP contribution in [0.25, 0.3) is 10.2 Å². The van der Waals surface area contributed by atoms with Crippen molar-refractivity contribution in [3.8, 4) is 11.5 Å². The van der Waals surface area contributed by atoms with Crippen LogP contribution in [-0.2, 0) is 4.79 Å². The molecule has 30 heavy (non-hydrogen) atoms. The number of quaternary nitrogens is 1. The van der Waals surface area contributed by atoms with Crippen molar-refractivity contribution in [2.45, 2.75) is 31.7 Å². The summed E-state index contributed by atoms with van der Waals surface area (Å²) in [4.78, 5) is 19.0. The molecule has 0 bridgehead atoms. The zero-order valence-corrected chi connectivity index (χ0v) is 17.7. The molecule has 1 fully saturated rings. The second-order valence-corrected chi connectivity index (χ2v) is 8.98. The summed E-state index contributed by atoms with van der Waals surface area (Å²) >= 11 is 1.76. The third kappa shape index (κ3) is 4.13. The molecule has 156 valence electrons. The number of ether oxygens (including phenoxy) is 2. The van der Waals surface area contributed by atoms with Crippen molar-refractivity contribution in [1.29, 1.82) is 0 Å². The first kappa shape index (κ1) is 19.3. The maximum absolute atomic E-state index is 12.8. The van der Waals surface area contributed by atoms with Gasteiger partial charge in [0.05, 0.1) is 30.0 Å². The van der Waals surface area contributed by atoms with Crippen molar-refractivity contribution in [3.05, 3.63) is 47.5 Å². The lowest BCUT2D eigenvalue weighted by molar-refractivity contribution is -0.929. The predicted octanol–water partition coefficient (Wildman–Crippen LogP) is 3.21. The minimum Gasteiger partial charge on any atom is -0.490 e. The molecule has 3 aromatic rings. The van der Waals surface area contributed by atoms with Crippen LogP contribution < -0.4 is 19.7 Å². The molecule has 0 radical (unpaired) electrons. The van der Waals surface area contributed by atoms with E-state index in [1.165, 1.54) is 16.0 Å². The lowest BCUT2D eigenvalue weighted by Crippen LogP contribution is -3.14. The molecule has 5 rings (SSSR count). The Labute approximate surface area is 179 Å². The number of nitrogens with zero attached hydrogens (tertiary/aromatic N) is 1. The van der Waals surface area contributed by atoms with E-state index in [2.05, 4.69) is 23.5 Å². The topological polar surface area (TPSA) is 64.9 Å². The Bertz CT molecular complexity index is 1020. The number of amides is 1. The third-order valence-electron chi connectivity index (χ3n) is 5.76. The van der Waals surface area contributed by atoms with E-state index < -0.39 is 0 Å². The fourth-order valence-corrected chi connectivity index (χ4v) is 5.44. The molecule has 1 aromatic heterocycles. The van der Waals surface area contributed by atoms with Gasteiger partial charge in [0, 0.05) is 24.6 Å². The first-order valence-corrected chi connectivity index (χ1v) is 11.5. The third-order valence-corrected chi connectivity index (χ3v) is 6.91. The van der Waals surface area contributed by atoms with E-state index in [4.69, 9.17) is 14.5 Å². The van der Waals surface area contributed by atoms with Crippen LogP contribution >= 0.6 is 11.3 Å². The number of piperidine rings is 1. The van der Waals surface area contributed by atoms with Gasteiger partial charge in [-0.05, 0) is 37.1 Å². The highest BCUT2D eigenvalue weighted by Crippen LogP contribution is 2.32. The van der Waals surface area contributed by atoms with E-state index in [1.54, 1.807) is 11.3 Å². The van der Waals surface area contributed by atoms with Gasteiger partial charge in [-0.1, -0.05) is 12.1 Å². The molecule has 2 atom stereocenters. The van der Waals surface area contributed by atoms with Gasteiger partial charge >= 0.3 is 0 Å². The van der Waals surface area contributed by atoms with E-state index in [-0.39, 0.29) is 11.9 Å². The number of rotatable bonds is 4.